The lowest BCUT2D eigenvalue weighted by Gasteiger charge is -2.28. The molecule has 0 saturated carbocycles. The van der Waals surface area contributed by atoms with Crippen molar-refractivity contribution in [1.82, 2.24) is 5.32 Å². The topological polar surface area (TPSA) is 75.6 Å². The van der Waals surface area contributed by atoms with Crippen molar-refractivity contribution in [2.24, 2.45) is 0 Å². The number of hydrogen-bond donors (Lipinski definition) is 2. The zero-order valence-electron chi connectivity index (χ0n) is 11.4. The molecule has 0 fully saturated rings. The Kier molecular flexibility index (Phi) is 4.92. The van der Waals surface area contributed by atoms with Gasteiger partial charge in [0.15, 0.2) is 0 Å². The van der Waals surface area contributed by atoms with Gasteiger partial charge in [0.1, 0.15) is 11.3 Å². The molecule has 1 aromatic rings. The van der Waals surface area contributed by atoms with Crippen LogP contribution in [0.4, 0.5) is 0 Å². The third-order valence-corrected chi connectivity index (χ3v) is 3.32. The zero-order valence-corrected chi connectivity index (χ0v) is 11.4. The van der Waals surface area contributed by atoms with E-state index < -0.39 is 17.4 Å². The summed E-state index contributed by atoms with van der Waals surface area (Å²) in [6, 6.07) is 6.53. The normalized spacial score (nSPS) is 10.9. The van der Waals surface area contributed by atoms with Crippen LogP contribution in [-0.2, 0) is 4.79 Å². The second-order valence-electron chi connectivity index (χ2n) is 4.28. The molecule has 104 valence electrons. The van der Waals surface area contributed by atoms with E-state index in [4.69, 9.17) is 4.74 Å². The van der Waals surface area contributed by atoms with Gasteiger partial charge in [0, 0.05) is 5.56 Å². The Morgan fingerprint density at radius 2 is 1.74 bits per heavy atom. The molecular formula is C14H19NO4. The smallest absolute Gasteiger partial charge is 0.329 e. The maximum absolute atomic E-state index is 12.1. The monoisotopic (exact) mass is 265 g/mol. The van der Waals surface area contributed by atoms with Crippen molar-refractivity contribution < 1.29 is 19.4 Å². The number of nitrogens with one attached hydrogen (secondary N) is 1. The second-order valence-corrected chi connectivity index (χ2v) is 4.28. The van der Waals surface area contributed by atoms with Gasteiger partial charge in [-0.25, -0.2) is 4.79 Å². The molecule has 2 N–H and O–H groups in total. The van der Waals surface area contributed by atoms with E-state index in [1.165, 1.54) is 0 Å². The van der Waals surface area contributed by atoms with Crippen LogP contribution in [0.3, 0.4) is 0 Å². The van der Waals surface area contributed by atoms with Crippen LogP contribution in [0.1, 0.15) is 37.0 Å². The van der Waals surface area contributed by atoms with Crippen molar-refractivity contribution in [1.29, 1.82) is 0 Å². The second kappa shape index (κ2) is 6.22. The largest absolute Gasteiger partial charge is 0.497 e. The van der Waals surface area contributed by atoms with Crippen LogP contribution < -0.4 is 10.1 Å². The average molecular weight is 265 g/mol. The molecular weight excluding hydrogens is 246 g/mol. The molecule has 0 unspecified atom stereocenters. The summed E-state index contributed by atoms with van der Waals surface area (Å²) >= 11 is 0. The Hall–Kier alpha value is -2.04. The van der Waals surface area contributed by atoms with Crippen LogP contribution in [-0.4, -0.2) is 29.6 Å². The first-order valence-electron chi connectivity index (χ1n) is 6.19. The minimum atomic E-state index is -1.21. The maximum atomic E-state index is 12.1. The highest BCUT2D eigenvalue weighted by Gasteiger charge is 2.36. The molecule has 0 atom stereocenters. The van der Waals surface area contributed by atoms with Gasteiger partial charge in [0.05, 0.1) is 7.11 Å². The highest BCUT2D eigenvalue weighted by atomic mass is 16.5. The summed E-state index contributed by atoms with van der Waals surface area (Å²) in [6.45, 7) is 3.48. The average Bonchev–Trinajstić information content (AvgIpc) is 2.44. The molecule has 0 aromatic heterocycles. The summed E-state index contributed by atoms with van der Waals surface area (Å²) in [5, 5.41) is 11.9. The Bertz CT molecular complexity index is 449. The molecule has 0 aliphatic rings. The summed E-state index contributed by atoms with van der Waals surface area (Å²) in [6.07, 6.45) is 0.668. The Morgan fingerprint density at radius 3 is 2.11 bits per heavy atom. The molecule has 19 heavy (non-hydrogen) atoms. The van der Waals surface area contributed by atoms with Crippen LogP contribution in [0, 0.1) is 0 Å². The first kappa shape index (κ1) is 15.0. The molecule has 0 aliphatic heterocycles. The molecule has 1 aromatic carbocycles. The number of carboxylic acids is 1. The van der Waals surface area contributed by atoms with Gasteiger partial charge < -0.3 is 15.2 Å². The highest BCUT2D eigenvalue weighted by molar-refractivity contribution is 5.97. The van der Waals surface area contributed by atoms with E-state index in [1.807, 2.05) is 0 Å². The number of aliphatic carboxylic acids is 1. The molecule has 0 saturated heterocycles. The number of benzene rings is 1. The van der Waals surface area contributed by atoms with Gasteiger partial charge in [-0.3, -0.25) is 4.79 Å². The molecule has 5 heteroatoms. The van der Waals surface area contributed by atoms with Crippen molar-refractivity contribution in [2.75, 3.05) is 7.11 Å². The summed E-state index contributed by atoms with van der Waals surface area (Å²) < 4.78 is 5.00. The van der Waals surface area contributed by atoms with Crippen LogP contribution >= 0.6 is 0 Å². The predicted molar refractivity (Wildman–Crippen MR) is 71.4 cm³/mol. The number of amides is 1. The first-order chi connectivity index (χ1) is 8.99. The van der Waals surface area contributed by atoms with E-state index in [1.54, 1.807) is 45.2 Å². The van der Waals surface area contributed by atoms with Crippen molar-refractivity contribution in [3.05, 3.63) is 29.8 Å². The number of methoxy groups -OCH3 is 1. The fourth-order valence-electron chi connectivity index (χ4n) is 1.81. The van der Waals surface area contributed by atoms with Crippen LogP contribution in [0.5, 0.6) is 5.75 Å². The van der Waals surface area contributed by atoms with E-state index in [2.05, 4.69) is 5.32 Å². The van der Waals surface area contributed by atoms with Gasteiger partial charge in [-0.15, -0.1) is 0 Å². The molecule has 0 heterocycles. The standard InChI is InChI=1S/C14H19NO4/c1-4-14(5-2,13(17)18)15-12(16)10-6-8-11(19-3)9-7-10/h6-9H,4-5H2,1-3H3,(H,15,16)(H,17,18). The molecule has 0 spiro atoms. The number of carbonyl (C=O) groups is 2. The Morgan fingerprint density at radius 1 is 1.21 bits per heavy atom. The SMILES string of the molecule is CCC(CC)(NC(=O)c1ccc(OC)cc1)C(=O)O. The van der Waals surface area contributed by atoms with E-state index in [0.29, 0.717) is 24.2 Å². The number of hydrogen-bond acceptors (Lipinski definition) is 3. The molecule has 0 aliphatic carbocycles. The van der Waals surface area contributed by atoms with E-state index in [9.17, 15) is 14.7 Å². The molecule has 5 nitrogen and oxygen atoms in total. The van der Waals surface area contributed by atoms with Crippen LogP contribution in [0.15, 0.2) is 24.3 Å². The summed E-state index contributed by atoms with van der Waals surface area (Å²) in [4.78, 5) is 23.4. The van der Waals surface area contributed by atoms with Crippen LogP contribution in [0.25, 0.3) is 0 Å². The molecule has 0 bridgehead atoms. The quantitative estimate of drug-likeness (QED) is 0.825. The van der Waals surface area contributed by atoms with Crippen molar-refractivity contribution in [3.63, 3.8) is 0 Å². The van der Waals surface area contributed by atoms with Crippen LogP contribution in [0.2, 0.25) is 0 Å². The number of carboxylic acid groups (broad SMARTS) is 1. The number of rotatable bonds is 6. The lowest BCUT2D eigenvalue weighted by atomic mass is 9.92. The number of carbonyl (C=O) groups excluding carboxylic acids is 1. The number of ether oxygens (including phenoxy) is 1. The third-order valence-electron chi connectivity index (χ3n) is 3.32. The van der Waals surface area contributed by atoms with Gasteiger partial charge in [0.2, 0.25) is 0 Å². The fourth-order valence-corrected chi connectivity index (χ4v) is 1.81. The molecule has 1 amide bonds. The summed E-state index contributed by atoms with van der Waals surface area (Å²) in [7, 11) is 1.54. The third kappa shape index (κ3) is 3.24. The lowest BCUT2D eigenvalue weighted by Crippen LogP contribution is -2.53. The fraction of sp³-hybridized carbons (Fsp3) is 0.429. The lowest BCUT2D eigenvalue weighted by molar-refractivity contribution is -0.144. The first-order valence-corrected chi connectivity index (χ1v) is 6.19. The molecule has 0 radical (unpaired) electrons. The van der Waals surface area contributed by atoms with Crippen molar-refractivity contribution in [2.45, 2.75) is 32.2 Å². The van der Waals surface area contributed by atoms with E-state index >= 15 is 0 Å². The maximum Gasteiger partial charge on any atom is 0.329 e. The molecule has 1 rings (SSSR count). The van der Waals surface area contributed by atoms with Gasteiger partial charge in [-0.2, -0.15) is 0 Å². The van der Waals surface area contributed by atoms with E-state index in [-0.39, 0.29) is 0 Å². The minimum Gasteiger partial charge on any atom is -0.497 e. The Balaban J connectivity index is 2.90. The minimum absolute atomic E-state index is 0.334. The van der Waals surface area contributed by atoms with Crippen molar-refractivity contribution >= 4 is 11.9 Å². The van der Waals surface area contributed by atoms with Gasteiger partial charge in [-0.1, -0.05) is 13.8 Å². The predicted octanol–water partition coefficient (Wildman–Crippen LogP) is 2.07. The van der Waals surface area contributed by atoms with Gasteiger partial charge in [-0.05, 0) is 37.1 Å². The Labute approximate surface area is 112 Å². The van der Waals surface area contributed by atoms with Gasteiger partial charge >= 0.3 is 5.97 Å². The van der Waals surface area contributed by atoms with E-state index in [0.717, 1.165) is 0 Å². The zero-order chi connectivity index (χ0) is 14.5. The summed E-state index contributed by atoms with van der Waals surface area (Å²) in [5.74, 6) is -0.764. The van der Waals surface area contributed by atoms with Crippen molar-refractivity contribution in [3.8, 4) is 5.75 Å². The highest BCUT2D eigenvalue weighted by Crippen LogP contribution is 2.17. The summed E-state index contributed by atoms with van der Waals surface area (Å²) in [5.41, 5.74) is -0.801. The van der Waals surface area contributed by atoms with Gasteiger partial charge in [0.25, 0.3) is 5.91 Å².